The first-order valence-corrected chi connectivity index (χ1v) is 9.72. The van der Waals surface area contributed by atoms with Crippen molar-refractivity contribution >= 4 is 29.9 Å². The van der Waals surface area contributed by atoms with Crippen LogP contribution in [0.5, 0.6) is 11.5 Å². The van der Waals surface area contributed by atoms with Gasteiger partial charge in [0.2, 0.25) is 5.82 Å². The number of methoxy groups -OCH3 is 2. The standard InChI is InChI=1S/C21H28N6O3.HI/c1-22-21(23-11-9-19-24-20(26-25-19)17-6-5-13-30-17)27(2)12-10-15-7-8-16(28-3)18(14-15)29-4;/h5-8,13-14H,9-12H2,1-4H3,(H,22,23)(H,24,25,26);1H. The number of likely N-dealkylation sites (N-methyl/N-ethyl adjacent to an activating group) is 1. The molecule has 0 radical (unpaired) electrons. The highest BCUT2D eigenvalue weighted by atomic mass is 127. The van der Waals surface area contributed by atoms with E-state index in [9.17, 15) is 0 Å². The van der Waals surface area contributed by atoms with Crippen molar-refractivity contribution in [1.82, 2.24) is 25.4 Å². The Morgan fingerprint density at radius 3 is 2.68 bits per heavy atom. The lowest BCUT2D eigenvalue weighted by Gasteiger charge is -2.22. The molecule has 0 saturated heterocycles. The number of aromatic amines is 1. The summed E-state index contributed by atoms with van der Waals surface area (Å²) < 4.78 is 16.0. The number of benzene rings is 1. The van der Waals surface area contributed by atoms with E-state index in [2.05, 4.69) is 30.4 Å². The molecule has 0 saturated carbocycles. The van der Waals surface area contributed by atoms with Crippen LogP contribution in [0.4, 0.5) is 0 Å². The SMILES string of the molecule is CN=C(NCCc1nc(-c2ccco2)n[nH]1)N(C)CCc1ccc(OC)c(OC)c1.I. The van der Waals surface area contributed by atoms with Crippen molar-refractivity contribution in [1.29, 1.82) is 0 Å². The van der Waals surface area contributed by atoms with Crippen molar-refractivity contribution in [3.05, 3.63) is 48.0 Å². The van der Waals surface area contributed by atoms with Crippen LogP contribution in [0.3, 0.4) is 0 Å². The number of aromatic nitrogens is 3. The molecule has 2 aromatic heterocycles. The quantitative estimate of drug-likeness (QED) is 0.245. The van der Waals surface area contributed by atoms with Gasteiger partial charge in [-0.15, -0.1) is 24.0 Å². The third-order valence-electron chi connectivity index (χ3n) is 4.68. The van der Waals surface area contributed by atoms with Crippen LogP contribution in [0.15, 0.2) is 46.0 Å². The highest BCUT2D eigenvalue weighted by molar-refractivity contribution is 14.0. The minimum atomic E-state index is 0. The molecule has 0 aliphatic rings. The zero-order valence-corrected chi connectivity index (χ0v) is 20.5. The fourth-order valence-electron chi connectivity index (χ4n) is 3.04. The zero-order chi connectivity index (χ0) is 21.3. The van der Waals surface area contributed by atoms with Gasteiger partial charge in [-0.2, -0.15) is 5.10 Å². The number of hydrogen-bond acceptors (Lipinski definition) is 6. The van der Waals surface area contributed by atoms with E-state index in [-0.39, 0.29) is 24.0 Å². The Hall–Kier alpha value is -2.76. The molecule has 9 nitrogen and oxygen atoms in total. The van der Waals surface area contributed by atoms with E-state index >= 15 is 0 Å². The summed E-state index contributed by atoms with van der Waals surface area (Å²) in [5.74, 6) is 4.29. The van der Waals surface area contributed by atoms with Crippen molar-refractivity contribution in [2.24, 2.45) is 4.99 Å². The Morgan fingerprint density at radius 1 is 1.19 bits per heavy atom. The third-order valence-corrected chi connectivity index (χ3v) is 4.68. The maximum atomic E-state index is 5.38. The number of guanidine groups is 1. The predicted molar refractivity (Wildman–Crippen MR) is 130 cm³/mol. The monoisotopic (exact) mass is 540 g/mol. The second-order valence-electron chi connectivity index (χ2n) is 6.67. The van der Waals surface area contributed by atoms with E-state index in [0.29, 0.717) is 24.6 Å². The maximum Gasteiger partial charge on any atom is 0.216 e. The minimum Gasteiger partial charge on any atom is -0.493 e. The Labute approximate surface area is 199 Å². The molecular formula is C21H29IN6O3. The first-order chi connectivity index (χ1) is 14.6. The number of furan rings is 1. The highest BCUT2D eigenvalue weighted by Gasteiger charge is 2.10. The molecule has 3 rings (SSSR count). The molecule has 0 aliphatic heterocycles. The summed E-state index contributed by atoms with van der Waals surface area (Å²) >= 11 is 0. The molecule has 31 heavy (non-hydrogen) atoms. The zero-order valence-electron chi connectivity index (χ0n) is 18.2. The van der Waals surface area contributed by atoms with Gasteiger partial charge in [-0.25, -0.2) is 4.98 Å². The Morgan fingerprint density at radius 2 is 2.00 bits per heavy atom. The van der Waals surface area contributed by atoms with Gasteiger partial charge >= 0.3 is 0 Å². The predicted octanol–water partition coefficient (Wildman–Crippen LogP) is 2.99. The van der Waals surface area contributed by atoms with Crippen LogP contribution < -0.4 is 14.8 Å². The van der Waals surface area contributed by atoms with Gasteiger partial charge in [0, 0.05) is 33.6 Å². The minimum absolute atomic E-state index is 0. The molecule has 2 heterocycles. The van der Waals surface area contributed by atoms with Crippen molar-refractivity contribution < 1.29 is 13.9 Å². The van der Waals surface area contributed by atoms with E-state index in [4.69, 9.17) is 13.9 Å². The van der Waals surface area contributed by atoms with Gasteiger partial charge in [0.1, 0.15) is 5.82 Å². The molecule has 10 heteroatoms. The number of aliphatic imine (C=N–C) groups is 1. The lowest BCUT2D eigenvalue weighted by molar-refractivity contribution is 0.354. The third kappa shape index (κ3) is 6.61. The van der Waals surface area contributed by atoms with Gasteiger partial charge in [0.15, 0.2) is 23.2 Å². The van der Waals surface area contributed by atoms with Crippen molar-refractivity contribution in [3.63, 3.8) is 0 Å². The Bertz CT molecular complexity index is 958. The smallest absolute Gasteiger partial charge is 0.216 e. The summed E-state index contributed by atoms with van der Waals surface area (Å²) in [6.45, 7) is 1.49. The fourth-order valence-corrected chi connectivity index (χ4v) is 3.04. The van der Waals surface area contributed by atoms with E-state index in [0.717, 1.165) is 36.2 Å². The lowest BCUT2D eigenvalue weighted by Crippen LogP contribution is -2.40. The molecule has 0 aliphatic carbocycles. The van der Waals surface area contributed by atoms with Crippen LogP contribution in [-0.4, -0.2) is 67.4 Å². The first kappa shape index (κ1) is 24.5. The number of nitrogens with one attached hydrogen (secondary N) is 2. The van der Waals surface area contributed by atoms with E-state index in [1.54, 1.807) is 27.5 Å². The van der Waals surface area contributed by atoms with Crippen LogP contribution in [0.25, 0.3) is 11.6 Å². The van der Waals surface area contributed by atoms with Gasteiger partial charge in [0.05, 0.1) is 20.5 Å². The average molecular weight is 540 g/mol. The van der Waals surface area contributed by atoms with Crippen molar-refractivity contribution in [2.75, 3.05) is 41.4 Å². The summed E-state index contributed by atoms with van der Waals surface area (Å²) in [6, 6.07) is 9.63. The molecule has 0 spiro atoms. The van der Waals surface area contributed by atoms with E-state index < -0.39 is 0 Å². The summed E-state index contributed by atoms with van der Waals surface area (Å²) in [5, 5.41) is 10.5. The summed E-state index contributed by atoms with van der Waals surface area (Å²) in [5.41, 5.74) is 1.17. The van der Waals surface area contributed by atoms with Gasteiger partial charge in [-0.1, -0.05) is 6.07 Å². The summed E-state index contributed by atoms with van der Waals surface area (Å²) in [7, 11) is 7.07. The van der Waals surface area contributed by atoms with Crippen LogP contribution in [0, 0.1) is 0 Å². The largest absolute Gasteiger partial charge is 0.493 e. The lowest BCUT2D eigenvalue weighted by atomic mass is 10.1. The van der Waals surface area contributed by atoms with Gasteiger partial charge in [0.25, 0.3) is 0 Å². The number of ether oxygens (including phenoxy) is 2. The number of nitrogens with zero attached hydrogens (tertiary/aromatic N) is 4. The van der Waals surface area contributed by atoms with Crippen LogP contribution in [0.2, 0.25) is 0 Å². The molecule has 0 atom stereocenters. The van der Waals surface area contributed by atoms with E-state index in [1.807, 2.05) is 37.4 Å². The molecule has 0 fully saturated rings. The molecule has 0 amide bonds. The molecular weight excluding hydrogens is 511 g/mol. The topological polar surface area (TPSA) is 101 Å². The molecule has 1 aromatic carbocycles. The Balaban J connectivity index is 0.00000341. The normalized spacial score (nSPS) is 11.0. The van der Waals surface area contributed by atoms with E-state index in [1.165, 1.54) is 5.56 Å². The molecule has 0 unspecified atom stereocenters. The van der Waals surface area contributed by atoms with Crippen LogP contribution >= 0.6 is 24.0 Å². The number of rotatable bonds is 9. The molecule has 0 bridgehead atoms. The maximum absolute atomic E-state index is 5.38. The Kier molecular flexibility index (Phi) is 9.63. The summed E-state index contributed by atoms with van der Waals surface area (Å²) in [4.78, 5) is 10.9. The van der Waals surface area contributed by atoms with Crippen LogP contribution in [-0.2, 0) is 12.8 Å². The number of halogens is 1. The van der Waals surface area contributed by atoms with Gasteiger partial charge in [-0.05, 0) is 36.2 Å². The van der Waals surface area contributed by atoms with Crippen molar-refractivity contribution in [2.45, 2.75) is 12.8 Å². The second kappa shape index (κ2) is 12.2. The summed E-state index contributed by atoms with van der Waals surface area (Å²) in [6.07, 6.45) is 3.15. The fraction of sp³-hybridized carbons (Fsp3) is 0.381. The molecule has 168 valence electrons. The van der Waals surface area contributed by atoms with Gasteiger partial charge in [-0.3, -0.25) is 10.1 Å². The molecule has 3 aromatic rings. The number of H-pyrrole nitrogens is 1. The van der Waals surface area contributed by atoms with Gasteiger partial charge < -0.3 is 24.1 Å². The van der Waals surface area contributed by atoms with Crippen LogP contribution in [0.1, 0.15) is 11.4 Å². The van der Waals surface area contributed by atoms with Crippen molar-refractivity contribution in [3.8, 4) is 23.1 Å². The number of hydrogen-bond donors (Lipinski definition) is 2. The second-order valence-corrected chi connectivity index (χ2v) is 6.67. The molecule has 2 N–H and O–H groups in total. The highest BCUT2D eigenvalue weighted by Crippen LogP contribution is 2.27. The first-order valence-electron chi connectivity index (χ1n) is 9.72. The average Bonchev–Trinajstić information content (AvgIpc) is 3.46.